The standard InChI is InChI=1S/C21H34N2/c1-5-6-7-15-23-21-12-8-11-20(17-21)14-13-19(4)10-9-16-22-18(2)3/h8,11-12,17,22-23H,2,4-7,9-10,13-16H2,1,3H3. The Morgan fingerprint density at radius 3 is 2.61 bits per heavy atom. The minimum Gasteiger partial charge on any atom is -0.389 e. The predicted molar refractivity (Wildman–Crippen MR) is 104 cm³/mol. The maximum atomic E-state index is 4.21. The Balaban J connectivity index is 2.25. The van der Waals surface area contributed by atoms with E-state index in [9.17, 15) is 0 Å². The van der Waals surface area contributed by atoms with Crippen LogP contribution in [0.3, 0.4) is 0 Å². The van der Waals surface area contributed by atoms with Gasteiger partial charge in [-0.1, -0.05) is 50.6 Å². The minimum absolute atomic E-state index is 0.992. The zero-order valence-electron chi connectivity index (χ0n) is 15.1. The number of rotatable bonds is 13. The van der Waals surface area contributed by atoms with Crippen molar-refractivity contribution < 1.29 is 0 Å². The molecule has 0 aliphatic carbocycles. The van der Waals surface area contributed by atoms with Gasteiger partial charge in [0.2, 0.25) is 0 Å². The molecule has 2 heteroatoms. The molecule has 0 unspecified atom stereocenters. The van der Waals surface area contributed by atoms with Gasteiger partial charge in [-0.15, -0.1) is 0 Å². The molecule has 0 spiro atoms. The van der Waals surface area contributed by atoms with Crippen LogP contribution in [0.5, 0.6) is 0 Å². The van der Waals surface area contributed by atoms with Gasteiger partial charge in [0.05, 0.1) is 0 Å². The lowest BCUT2D eigenvalue weighted by Gasteiger charge is -2.10. The Hall–Kier alpha value is -1.70. The van der Waals surface area contributed by atoms with E-state index in [-0.39, 0.29) is 0 Å². The van der Waals surface area contributed by atoms with E-state index in [4.69, 9.17) is 0 Å². The van der Waals surface area contributed by atoms with E-state index >= 15 is 0 Å². The summed E-state index contributed by atoms with van der Waals surface area (Å²) in [5, 5.41) is 6.79. The number of benzene rings is 1. The molecule has 0 aliphatic heterocycles. The Labute approximate surface area is 143 Å². The third kappa shape index (κ3) is 9.83. The molecular weight excluding hydrogens is 280 g/mol. The lowest BCUT2D eigenvalue weighted by atomic mass is 10.0. The van der Waals surface area contributed by atoms with Crippen LogP contribution in [0.15, 0.2) is 48.7 Å². The number of allylic oxidation sites excluding steroid dienone is 2. The molecule has 23 heavy (non-hydrogen) atoms. The average Bonchev–Trinajstić information content (AvgIpc) is 2.54. The van der Waals surface area contributed by atoms with Crippen LogP contribution >= 0.6 is 0 Å². The second-order valence-electron chi connectivity index (χ2n) is 6.39. The van der Waals surface area contributed by atoms with Gasteiger partial charge in [0.15, 0.2) is 0 Å². The molecule has 1 aromatic rings. The van der Waals surface area contributed by atoms with Crippen LogP contribution in [-0.2, 0) is 6.42 Å². The topological polar surface area (TPSA) is 24.1 Å². The van der Waals surface area contributed by atoms with Crippen LogP contribution in [0.1, 0.15) is 57.9 Å². The largest absolute Gasteiger partial charge is 0.389 e. The molecule has 0 bridgehead atoms. The summed E-state index contributed by atoms with van der Waals surface area (Å²) in [6, 6.07) is 8.81. The lowest BCUT2D eigenvalue weighted by Crippen LogP contribution is -2.11. The summed E-state index contributed by atoms with van der Waals surface area (Å²) in [5.74, 6) is 0. The normalized spacial score (nSPS) is 10.3. The SMILES string of the molecule is C=C(CCCNC(=C)C)CCc1cccc(NCCCCC)c1. The number of unbranched alkanes of at least 4 members (excludes halogenated alkanes) is 2. The van der Waals surface area contributed by atoms with Crippen LogP contribution in [0, 0.1) is 0 Å². The summed E-state index contributed by atoms with van der Waals surface area (Å²) in [6.07, 6.45) is 8.19. The van der Waals surface area contributed by atoms with Gasteiger partial charge < -0.3 is 10.6 Å². The average molecular weight is 315 g/mol. The van der Waals surface area contributed by atoms with Crippen LogP contribution in [-0.4, -0.2) is 13.1 Å². The summed E-state index contributed by atoms with van der Waals surface area (Å²) in [5.41, 5.74) is 5.02. The number of nitrogens with one attached hydrogen (secondary N) is 2. The Kier molecular flexibility index (Phi) is 9.94. The predicted octanol–water partition coefficient (Wildman–Crippen LogP) is 5.68. The van der Waals surface area contributed by atoms with E-state index < -0.39 is 0 Å². The van der Waals surface area contributed by atoms with E-state index in [0.717, 1.165) is 44.5 Å². The van der Waals surface area contributed by atoms with E-state index in [1.54, 1.807) is 0 Å². The summed E-state index contributed by atoms with van der Waals surface area (Å²) < 4.78 is 0. The highest BCUT2D eigenvalue weighted by atomic mass is 14.9. The molecule has 0 aromatic heterocycles. The first kappa shape index (κ1) is 19.3. The zero-order valence-corrected chi connectivity index (χ0v) is 15.1. The quantitative estimate of drug-likeness (QED) is 0.361. The molecule has 0 fully saturated rings. The van der Waals surface area contributed by atoms with Crippen molar-refractivity contribution in [2.75, 3.05) is 18.4 Å². The van der Waals surface area contributed by atoms with Gasteiger partial charge in [0, 0.05) is 24.5 Å². The summed E-state index contributed by atoms with van der Waals surface area (Å²) in [6.45, 7) is 14.4. The first-order chi connectivity index (χ1) is 11.1. The highest BCUT2D eigenvalue weighted by molar-refractivity contribution is 5.45. The van der Waals surface area contributed by atoms with Crippen molar-refractivity contribution in [1.82, 2.24) is 5.32 Å². The molecule has 128 valence electrons. The molecule has 2 N–H and O–H groups in total. The van der Waals surface area contributed by atoms with E-state index in [1.165, 1.54) is 36.1 Å². The molecule has 0 heterocycles. The highest BCUT2D eigenvalue weighted by Crippen LogP contribution is 2.16. The molecular formula is C21H34N2. The number of hydrogen-bond donors (Lipinski definition) is 2. The Morgan fingerprint density at radius 1 is 1.04 bits per heavy atom. The van der Waals surface area contributed by atoms with Gasteiger partial charge in [-0.05, 0) is 56.7 Å². The van der Waals surface area contributed by atoms with Crippen molar-refractivity contribution in [1.29, 1.82) is 0 Å². The number of aryl methyl sites for hydroxylation is 1. The van der Waals surface area contributed by atoms with Gasteiger partial charge in [-0.2, -0.15) is 0 Å². The van der Waals surface area contributed by atoms with E-state index in [0.29, 0.717) is 0 Å². The minimum atomic E-state index is 0.992. The smallest absolute Gasteiger partial charge is 0.0342 e. The number of hydrogen-bond acceptors (Lipinski definition) is 2. The molecule has 0 radical (unpaired) electrons. The molecule has 0 saturated heterocycles. The zero-order chi connectivity index (χ0) is 16.9. The first-order valence-corrected chi connectivity index (χ1v) is 9.00. The van der Waals surface area contributed by atoms with Crippen LogP contribution < -0.4 is 10.6 Å². The fourth-order valence-corrected chi connectivity index (χ4v) is 2.53. The van der Waals surface area contributed by atoms with Crippen LogP contribution in [0.2, 0.25) is 0 Å². The van der Waals surface area contributed by atoms with Crippen molar-refractivity contribution >= 4 is 5.69 Å². The van der Waals surface area contributed by atoms with Crippen molar-refractivity contribution in [3.05, 3.63) is 54.3 Å². The Morgan fingerprint density at radius 2 is 1.87 bits per heavy atom. The monoisotopic (exact) mass is 314 g/mol. The van der Waals surface area contributed by atoms with Gasteiger partial charge in [-0.3, -0.25) is 0 Å². The van der Waals surface area contributed by atoms with Crippen LogP contribution in [0.25, 0.3) is 0 Å². The third-order valence-electron chi connectivity index (χ3n) is 3.94. The molecule has 0 atom stereocenters. The molecule has 0 amide bonds. The van der Waals surface area contributed by atoms with Gasteiger partial charge in [0.1, 0.15) is 0 Å². The van der Waals surface area contributed by atoms with E-state index in [2.05, 4.69) is 55.0 Å². The molecule has 0 saturated carbocycles. The summed E-state index contributed by atoms with van der Waals surface area (Å²) >= 11 is 0. The fourth-order valence-electron chi connectivity index (χ4n) is 2.53. The fraction of sp³-hybridized carbons (Fsp3) is 0.524. The third-order valence-corrected chi connectivity index (χ3v) is 3.94. The van der Waals surface area contributed by atoms with Gasteiger partial charge >= 0.3 is 0 Å². The van der Waals surface area contributed by atoms with E-state index in [1.807, 2.05) is 6.92 Å². The first-order valence-electron chi connectivity index (χ1n) is 9.00. The molecule has 1 rings (SSSR count). The summed E-state index contributed by atoms with van der Waals surface area (Å²) in [4.78, 5) is 0. The van der Waals surface area contributed by atoms with Crippen LogP contribution in [0.4, 0.5) is 5.69 Å². The van der Waals surface area contributed by atoms with Crippen molar-refractivity contribution in [2.24, 2.45) is 0 Å². The molecule has 1 aromatic carbocycles. The number of anilines is 1. The van der Waals surface area contributed by atoms with Crippen molar-refractivity contribution in [3.63, 3.8) is 0 Å². The van der Waals surface area contributed by atoms with Crippen molar-refractivity contribution in [3.8, 4) is 0 Å². The van der Waals surface area contributed by atoms with Crippen molar-refractivity contribution in [2.45, 2.75) is 58.8 Å². The summed E-state index contributed by atoms with van der Waals surface area (Å²) in [7, 11) is 0. The second-order valence-corrected chi connectivity index (χ2v) is 6.39. The maximum Gasteiger partial charge on any atom is 0.0342 e. The molecule has 2 nitrogen and oxygen atoms in total. The highest BCUT2D eigenvalue weighted by Gasteiger charge is 1.99. The Bertz CT molecular complexity index is 476. The van der Waals surface area contributed by atoms with Gasteiger partial charge in [0.25, 0.3) is 0 Å². The second kappa shape index (κ2) is 11.8. The maximum absolute atomic E-state index is 4.21. The van der Waals surface area contributed by atoms with Gasteiger partial charge in [-0.25, -0.2) is 0 Å². The lowest BCUT2D eigenvalue weighted by molar-refractivity contribution is 0.706. The molecule has 0 aliphatic rings.